The van der Waals surface area contributed by atoms with Crippen molar-refractivity contribution in [3.05, 3.63) is 0 Å². The quantitative estimate of drug-likeness (QED) is 0.493. The van der Waals surface area contributed by atoms with Crippen LogP contribution in [0.1, 0.15) is 26.7 Å². The summed E-state index contributed by atoms with van der Waals surface area (Å²) in [7, 11) is 1.72. The van der Waals surface area contributed by atoms with Crippen molar-refractivity contribution in [3.8, 4) is 0 Å². The van der Waals surface area contributed by atoms with Gasteiger partial charge in [-0.05, 0) is 12.8 Å². The second-order valence-corrected chi connectivity index (χ2v) is 4.08. The van der Waals surface area contributed by atoms with Crippen molar-refractivity contribution in [1.29, 1.82) is 0 Å². The van der Waals surface area contributed by atoms with Crippen molar-refractivity contribution in [2.45, 2.75) is 50.0 Å². The minimum Gasteiger partial charge on any atom is -0.393 e. The Morgan fingerprint density at radius 1 is 1.36 bits per heavy atom. The van der Waals surface area contributed by atoms with Crippen molar-refractivity contribution in [2.75, 3.05) is 6.61 Å². The molecule has 0 amide bonds. The largest absolute Gasteiger partial charge is 0.393 e. The molecule has 0 unspecified atom stereocenters. The first-order valence-corrected chi connectivity index (χ1v) is 5.16. The van der Waals surface area contributed by atoms with E-state index >= 15 is 0 Å². The molecule has 1 heterocycles. The zero-order valence-corrected chi connectivity index (χ0v) is 9.03. The summed E-state index contributed by atoms with van der Waals surface area (Å²) in [6.45, 7) is 3.36. The number of aliphatic hydroxyl groups excluding tert-OH is 2. The molecule has 0 saturated carbocycles. The highest BCUT2D eigenvalue weighted by Crippen LogP contribution is 2.40. The molecule has 0 aromatic carbocycles. The van der Waals surface area contributed by atoms with Crippen LogP contribution in [0.4, 0.5) is 0 Å². The third kappa shape index (κ3) is 1.39. The van der Waals surface area contributed by atoms with E-state index in [2.05, 4.69) is 0 Å². The molecule has 1 rings (SSSR count). The Hall–Kier alpha value is -0.0951. The maximum absolute atomic E-state index is 10.1. The van der Waals surface area contributed by atoms with Gasteiger partial charge >= 0.3 is 0 Å². The van der Waals surface area contributed by atoms with Gasteiger partial charge in [0.1, 0.15) is 25.2 Å². The molecular formula is C9H19BO4. The Morgan fingerprint density at radius 2 is 1.93 bits per heavy atom. The molecule has 0 aliphatic carbocycles. The van der Waals surface area contributed by atoms with Crippen molar-refractivity contribution in [3.63, 3.8) is 0 Å². The van der Waals surface area contributed by atoms with Gasteiger partial charge in [0.15, 0.2) is 0 Å². The van der Waals surface area contributed by atoms with Gasteiger partial charge in [0, 0.05) is 0 Å². The van der Waals surface area contributed by atoms with Crippen LogP contribution in [-0.2, 0) is 4.74 Å². The predicted octanol–water partition coefficient (Wildman–Crippen LogP) is -1.38. The highest BCUT2D eigenvalue weighted by molar-refractivity contribution is 6.12. The first-order valence-electron chi connectivity index (χ1n) is 5.16. The Kier molecular flexibility index (Phi) is 3.26. The molecule has 0 spiro atoms. The zero-order chi connectivity index (χ0) is 11.0. The third-order valence-electron chi connectivity index (χ3n) is 3.52. The van der Waals surface area contributed by atoms with Crippen molar-refractivity contribution in [2.24, 2.45) is 0 Å². The predicted molar refractivity (Wildman–Crippen MR) is 54.8 cm³/mol. The van der Waals surface area contributed by atoms with E-state index in [1.807, 2.05) is 6.92 Å². The molecule has 4 nitrogen and oxygen atoms in total. The van der Waals surface area contributed by atoms with Gasteiger partial charge in [-0.15, -0.1) is 0 Å². The summed E-state index contributed by atoms with van der Waals surface area (Å²) in [5, 5.41) is 29.4. The van der Waals surface area contributed by atoms with Crippen LogP contribution in [0.5, 0.6) is 0 Å². The van der Waals surface area contributed by atoms with E-state index in [4.69, 9.17) is 4.74 Å². The smallest absolute Gasteiger partial charge is 0.143 e. The molecule has 1 aliphatic rings. The lowest BCUT2D eigenvalue weighted by Gasteiger charge is -2.32. The topological polar surface area (TPSA) is 69.9 Å². The molecule has 1 aliphatic heterocycles. The number of ether oxygens (including phenoxy) is 1. The van der Waals surface area contributed by atoms with Crippen LogP contribution < -0.4 is 0 Å². The van der Waals surface area contributed by atoms with Gasteiger partial charge in [-0.3, -0.25) is 0 Å². The third-order valence-corrected chi connectivity index (χ3v) is 3.52. The van der Waals surface area contributed by atoms with E-state index in [0.717, 1.165) is 0 Å². The normalized spacial score (nSPS) is 48.4. The van der Waals surface area contributed by atoms with Gasteiger partial charge in [-0.2, -0.15) is 0 Å². The van der Waals surface area contributed by atoms with Crippen molar-refractivity contribution >= 4 is 7.85 Å². The number of aliphatic hydroxyl groups is 3. The van der Waals surface area contributed by atoms with Gasteiger partial charge < -0.3 is 20.1 Å². The number of hydrogen-bond acceptors (Lipinski definition) is 4. The SMILES string of the molecule is B[C@@H]1O[C@](CC)(CO)[C@@H](O)[C@]1(O)CC. The summed E-state index contributed by atoms with van der Waals surface area (Å²) in [5.74, 6) is 0. The molecule has 0 aromatic rings. The molecular weight excluding hydrogens is 183 g/mol. The molecule has 0 bridgehead atoms. The summed E-state index contributed by atoms with van der Waals surface area (Å²) >= 11 is 0. The van der Waals surface area contributed by atoms with E-state index in [0.29, 0.717) is 12.8 Å². The minimum atomic E-state index is -1.24. The van der Waals surface area contributed by atoms with Crippen LogP contribution in [0.3, 0.4) is 0 Å². The van der Waals surface area contributed by atoms with Crippen LogP contribution in [0, 0.1) is 0 Å². The molecule has 82 valence electrons. The molecule has 0 aromatic heterocycles. The molecule has 3 N–H and O–H groups in total. The monoisotopic (exact) mass is 202 g/mol. The average molecular weight is 202 g/mol. The average Bonchev–Trinajstić information content (AvgIpc) is 2.41. The minimum absolute atomic E-state index is 0.267. The van der Waals surface area contributed by atoms with Gasteiger partial charge in [-0.25, -0.2) is 0 Å². The summed E-state index contributed by atoms with van der Waals surface area (Å²) in [5.41, 5.74) is -2.23. The van der Waals surface area contributed by atoms with E-state index in [1.54, 1.807) is 14.8 Å². The molecule has 1 fully saturated rings. The highest BCUT2D eigenvalue weighted by atomic mass is 16.6. The van der Waals surface area contributed by atoms with Gasteiger partial charge in [0.2, 0.25) is 0 Å². The lowest BCUT2D eigenvalue weighted by molar-refractivity contribution is -0.110. The van der Waals surface area contributed by atoms with Gasteiger partial charge in [0.25, 0.3) is 0 Å². The fourth-order valence-corrected chi connectivity index (χ4v) is 2.19. The van der Waals surface area contributed by atoms with Crippen molar-refractivity contribution in [1.82, 2.24) is 0 Å². The van der Waals surface area contributed by atoms with Crippen molar-refractivity contribution < 1.29 is 20.1 Å². The maximum Gasteiger partial charge on any atom is 0.143 e. The summed E-state index contributed by atoms with van der Waals surface area (Å²) in [6.07, 6.45) is -0.126. The first kappa shape index (κ1) is 12.0. The summed E-state index contributed by atoms with van der Waals surface area (Å²) < 4.78 is 5.52. The Balaban J connectivity index is 2.98. The molecule has 4 atom stereocenters. The molecule has 14 heavy (non-hydrogen) atoms. The molecule has 0 radical (unpaired) electrons. The van der Waals surface area contributed by atoms with Crippen LogP contribution >= 0.6 is 0 Å². The zero-order valence-electron chi connectivity index (χ0n) is 9.03. The standard InChI is InChI=1S/C9H19BO4/c1-3-8(5-11)6(12)9(13,4-2)7(10)14-8/h6-7,11-13H,3-5,10H2,1-2H3/t6-,7-,8-,9-/m1/s1. The van der Waals surface area contributed by atoms with Crippen LogP contribution in [0.15, 0.2) is 0 Å². The lowest BCUT2D eigenvalue weighted by Crippen LogP contribution is -2.52. The van der Waals surface area contributed by atoms with E-state index in [-0.39, 0.29) is 6.61 Å². The second-order valence-electron chi connectivity index (χ2n) is 4.08. The van der Waals surface area contributed by atoms with Gasteiger partial charge in [-0.1, -0.05) is 13.8 Å². The van der Waals surface area contributed by atoms with E-state index in [9.17, 15) is 15.3 Å². The van der Waals surface area contributed by atoms with E-state index < -0.39 is 23.3 Å². The second kappa shape index (κ2) is 3.81. The van der Waals surface area contributed by atoms with Gasteiger partial charge in [0.05, 0.1) is 12.6 Å². The maximum atomic E-state index is 10.1. The Labute approximate surface area is 85.3 Å². The Morgan fingerprint density at radius 3 is 2.14 bits per heavy atom. The fraction of sp³-hybridized carbons (Fsp3) is 1.00. The Bertz CT molecular complexity index is 207. The highest BCUT2D eigenvalue weighted by Gasteiger charge is 2.59. The van der Waals surface area contributed by atoms with Crippen LogP contribution in [0.25, 0.3) is 0 Å². The summed E-state index contributed by atoms with van der Waals surface area (Å²) in [6, 6.07) is -0.449. The van der Waals surface area contributed by atoms with Crippen LogP contribution in [-0.4, -0.2) is 53.1 Å². The van der Waals surface area contributed by atoms with E-state index in [1.165, 1.54) is 0 Å². The summed E-state index contributed by atoms with van der Waals surface area (Å²) in [4.78, 5) is 0. The number of rotatable bonds is 3. The number of hydrogen-bond donors (Lipinski definition) is 3. The molecule has 1 saturated heterocycles. The molecule has 5 heteroatoms. The first-order chi connectivity index (χ1) is 6.46. The van der Waals surface area contributed by atoms with Crippen LogP contribution in [0.2, 0.25) is 0 Å². The lowest BCUT2D eigenvalue weighted by atomic mass is 9.76. The fourth-order valence-electron chi connectivity index (χ4n) is 2.19.